The molecule has 2 nitrogen and oxygen atoms in total. The lowest BCUT2D eigenvalue weighted by atomic mass is 9.99. The maximum atomic E-state index is 13.3. The summed E-state index contributed by atoms with van der Waals surface area (Å²) in [6.07, 6.45) is 0. The van der Waals surface area contributed by atoms with Crippen molar-refractivity contribution in [3.63, 3.8) is 0 Å². The molecule has 1 aromatic heterocycles. The summed E-state index contributed by atoms with van der Waals surface area (Å²) in [5.74, 6) is 1.50. The van der Waals surface area contributed by atoms with E-state index >= 15 is 0 Å². The molecule has 1 unspecified atom stereocenters. The Balaban J connectivity index is 2.45. The van der Waals surface area contributed by atoms with Crippen LogP contribution in [0.2, 0.25) is 0 Å². The molecule has 0 bridgehead atoms. The van der Waals surface area contributed by atoms with Gasteiger partial charge in [0.15, 0.2) is 0 Å². The van der Waals surface area contributed by atoms with Crippen molar-refractivity contribution in [3.8, 4) is 0 Å². The number of nitrogens with one attached hydrogen (secondary N) is 1. The Morgan fingerprint density at radius 3 is 2.50 bits per heavy atom. The zero-order chi connectivity index (χ0) is 13.3. The van der Waals surface area contributed by atoms with Crippen LogP contribution in [0.4, 0.5) is 4.39 Å². The molecule has 0 aliphatic carbocycles. The van der Waals surface area contributed by atoms with Crippen LogP contribution in [0.1, 0.15) is 28.7 Å². The number of hydrogen-bond acceptors (Lipinski definition) is 2. The van der Waals surface area contributed by atoms with Crippen LogP contribution in [0, 0.1) is 19.7 Å². The van der Waals surface area contributed by atoms with Crippen LogP contribution in [-0.4, -0.2) is 7.05 Å². The number of aryl methyl sites for hydroxylation is 2. The third kappa shape index (κ3) is 2.49. The van der Waals surface area contributed by atoms with Gasteiger partial charge in [-0.15, -0.1) is 0 Å². The molecule has 0 radical (unpaired) electrons. The summed E-state index contributed by atoms with van der Waals surface area (Å²) in [7, 11) is 1.88. The summed E-state index contributed by atoms with van der Waals surface area (Å²) in [6.45, 7) is 3.86. The third-order valence-electron chi connectivity index (χ3n) is 2.96. The highest BCUT2D eigenvalue weighted by molar-refractivity contribution is 9.10. The molecule has 1 N–H and O–H groups in total. The first-order valence-electron chi connectivity index (χ1n) is 5.72. The minimum atomic E-state index is -0.256. The smallest absolute Gasteiger partial charge is 0.137 e. The average molecular weight is 312 g/mol. The zero-order valence-corrected chi connectivity index (χ0v) is 12.1. The molecule has 0 saturated carbocycles. The van der Waals surface area contributed by atoms with Crippen molar-refractivity contribution in [2.45, 2.75) is 19.9 Å². The van der Waals surface area contributed by atoms with Crippen molar-refractivity contribution in [2.24, 2.45) is 0 Å². The highest BCUT2D eigenvalue weighted by Gasteiger charge is 2.18. The standard InChI is InChI=1S/C14H15BrFNO/c1-8-6-11(9(2)18-8)14(17-3)10-4-5-13(16)12(15)7-10/h4-7,14,17H,1-3H3. The van der Waals surface area contributed by atoms with E-state index in [0.29, 0.717) is 4.47 Å². The van der Waals surface area contributed by atoms with Gasteiger partial charge in [-0.05, 0) is 60.6 Å². The second-order valence-corrected chi connectivity index (χ2v) is 5.12. The second-order valence-electron chi connectivity index (χ2n) is 4.26. The predicted molar refractivity (Wildman–Crippen MR) is 73.2 cm³/mol. The quantitative estimate of drug-likeness (QED) is 0.923. The molecule has 1 heterocycles. The van der Waals surface area contributed by atoms with Crippen molar-refractivity contribution < 1.29 is 8.81 Å². The third-order valence-corrected chi connectivity index (χ3v) is 3.56. The summed E-state index contributed by atoms with van der Waals surface area (Å²) in [5.41, 5.74) is 2.07. The molecule has 0 amide bonds. The van der Waals surface area contributed by atoms with Gasteiger partial charge in [0.2, 0.25) is 0 Å². The first-order valence-corrected chi connectivity index (χ1v) is 6.51. The van der Waals surface area contributed by atoms with Gasteiger partial charge in [0.05, 0.1) is 10.5 Å². The molecule has 2 rings (SSSR count). The maximum Gasteiger partial charge on any atom is 0.137 e. The largest absolute Gasteiger partial charge is 0.466 e. The Hall–Kier alpha value is -1.13. The van der Waals surface area contributed by atoms with Crippen LogP contribution in [-0.2, 0) is 0 Å². The summed E-state index contributed by atoms with van der Waals surface area (Å²) in [6, 6.07) is 7.04. The molecule has 0 spiro atoms. The van der Waals surface area contributed by atoms with Gasteiger partial charge in [-0.1, -0.05) is 6.07 Å². The highest BCUT2D eigenvalue weighted by Crippen LogP contribution is 2.29. The van der Waals surface area contributed by atoms with E-state index in [1.54, 1.807) is 12.1 Å². The number of furan rings is 1. The number of benzene rings is 1. The van der Waals surface area contributed by atoms with E-state index in [4.69, 9.17) is 4.42 Å². The normalized spacial score (nSPS) is 12.7. The molecule has 0 aliphatic heterocycles. The van der Waals surface area contributed by atoms with Crippen LogP contribution < -0.4 is 5.32 Å². The molecule has 0 saturated heterocycles. The van der Waals surface area contributed by atoms with Gasteiger partial charge in [-0.25, -0.2) is 4.39 Å². The van der Waals surface area contributed by atoms with Gasteiger partial charge in [0.1, 0.15) is 17.3 Å². The van der Waals surface area contributed by atoms with Crippen molar-refractivity contribution in [2.75, 3.05) is 7.05 Å². The van der Waals surface area contributed by atoms with E-state index < -0.39 is 0 Å². The monoisotopic (exact) mass is 311 g/mol. The zero-order valence-electron chi connectivity index (χ0n) is 10.6. The minimum absolute atomic E-state index is 0.000602. The summed E-state index contributed by atoms with van der Waals surface area (Å²) in [4.78, 5) is 0. The van der Waals surface area contributed by atoms with Gasteiger partial charge in [-0.2, -0.15) is 0 Å². The molecule has 0 fully saturated rings. The fourth-order valence-corrected chi connectivity index (χ4v) is 2.53. The van der Waals surface area contributed by atoms with E-state index in [1.807, 2.05) is 27.0 Å². The van der Waals surface area contributed by atoms with Crippen molar-refractivity contribution >= 4 is 15.9 Å². The fraction of sp³-hybridized carbons (Fsp3) is 0.286. The SMILES string of the molecule is CNC(c1ccc(F)c(Br)c1)c1cc(C)oc1C. The van der Waals surface area contributed by atoms with E-state index in [9.17, 15) is 4.39 Å². The number of hydrogen-bond donors (Lipinski definition) is 1. The van der Waals surface area contributed by atoms with Gasteiger partial charge in [-0.3, -0.25) is 0 Å². The van der Waals surface area contributed by atoms with Crippen LogP contribution in [0.3, 0.4) is 0 Å². The molecule has 18 heavy (non-hydrogen) atoms. The first kappa shape index (κ1) is 13.3. The lowest BCUT2D eigenvalue weighted by Crippen LogP contribution is -2.18. The lowest BCUT2D eigenvalue weighted by molar-refractivity contribution is 0.497. The molecule has 96 valence electrons. The fourth-order valence-electron chi connectivity index (χ4n) is 2.13. The molecule has 0 aliphatic rings. The van der Waals surface area contributed by atoms with E-state index in [1.165, 1.54) is 6.07 Å². The van der Waals surface area contributed by atoms with Crippen LogP contribution in [0.5, 0.6) is 0 Å². The van der Waals surface area contributed by atoms with Crippen LogP contribution >= 0.6 is 15.9 Å². The van der Waals surface area contributed by atoms with Gasteiger partial charge < -0.3 is 9.73 Å². The first-order chi connectivity index (χ1) is 8.52. The topological polar surface area (TPSA) is 25.2 Å². The van der Waals surface area contributed by atoms with Crippen molar-refractivity contribution in [1.29, 1.82) is 0 Å². The second kappa shape index (κ2) is 5.24. The average Bonchev–Trinajstić information content (AvgIpc) is 2.64. The van der Waals surface area contributed by atoms with Crippen LogP contribution in [0.25, 0.3) is 0 Å². The molecule has 4 heteroatoms. The summed E-state index contributed by atoms with van der Waals surface area (Å²) in [5, 5.41) is 3.23. The molecular weight excluding hydrogens is 297 g/mol. The van der Waals surface area contributed by atoms with Gasteiger partial charge >= 0.3 is 0 Å². The number of rotatable bonds is 3. The lowest BCUT2D eigenvalue weighted by Gasteiger charge is -2.16. The van der Waals surface area contributed by atoms with Crippen LogP contribution in [0.15, 0.2) is 33.2 Å². The molecule has 2 aromatic rings. The van der Waals surface area contributed by atoms with Crippen molar-refractivity contribution in [1.82, 2.24) is 5.32 Å². The molecule has 1 aromatic carbocycles. The summed E-state index contributed by atoms with van der Waals surface area (Å²) >= 11 is 3.21. The number of halogens is 2. The Kier molecular flexibility index (Phi) is 3.88. The predicted octanol–water partition coefficient (Wildman–Crippen LogP) is 4.11. The Labute approximate surface area is 114 Å². The maximum absolute atomic E-state index is 13.3. The van der Waals surface area contributed by atoms with E-state index in [0.717, 1.165) is 22.6 Å². The Morgan fingerprint density at radius 2 is 2.00 bits per heavy atom. The Morgan fingerprint density at radius 1 is 1.28 bits per heavy atom. The van der Waals surface area contributed by atoms with Crippen molar-refractivity contribution in [3.05, 3.63) is 57.2 Å². The minimum Gasteiger partial charge on any atom is -0.466 e. The summed E-state index contributed by atoms with van der Waals surface area (Å²) < 4.78 is 19.3. The molecular formula is C14H15BrFNO. The molecule has 1 atom stereocenters. The van der Waals surface area contributed by atoms with Gasteiger partial charge in [0.25, 0.3) is 0 Å². The highest BCUT2D eigenvalue weighted by atomic mass is 79.9. The van der Waals surface area contributed by atoms with Gasteiger partial charge in [0, 0.05) is 5.56 Å². The Bertz CT molecular complexity index is 565. The van der Waals surface area contributed by atoms with E-state index in [2.05, 4.69) is 21.2 Å². The van der Waals surface area contributed by atoms with E-state index in [-0.39, 0.29) is 11.9 Å².